The van der Waals surface area contributed by atoms with Crippen LogP contribution in [0.2, 0.25) is 0 Å². The number of carbonyl (C=O) groups is 2. The third-order valence-electron chi connectivity index (χ3n) is 2.98. The molecule has 3 rings (SSSR count). The zero-order valence-corrected chi connectivity index (χ0v) is 10.4. The highest BCUT2D eigenvalue weighted by Crippen LogP contribution is 2.22. The quantitative estimate of drug-likeness (QED) is 0.849. The Morgan fingerprint density at radius 3 is 2.25 bits per heavy atom. The number of benzene rings is 1. The van der Waals surface area contributed by atoms with Crippen LogP contribution in [0.1, 0.15) is 20.7 Å². The molecule has 2 heterocycles. The molecule has 1 aromatic heterocycles. The van der Waals surface area contributed by atoms with E-state index in [9.17, 15) is 9.59 Å². The Morgan fingerprint density at radius 2 is 1.70 bits per heavy atom. The number of pyridine rings is 1. The minimum Gasteiger partial charge on any atom is -0.456 e. The summed E-state index contributed by atoms with van der Waals surface area (Å²) in [6.45, 7) is -0.177. The molecule has 0 fully saturated rings. The molecule has 0 atom stereocenters. The van der Waals surface area contributed by atoms with Crippen molar-refractivity contribution in [1.29, 1.82) is 0 Å². The molecule has 0 radical (unpaired) electrons. The summed E-state index contributed by atoms with van der Waals surface area (Å²) < 4.78 is 5.33. The van der Waals surface area contributed by atoms with Crippen LogP contribution in [0.15, 0.2) is 42.6 Å². The van der Waals surface area contributed by atoms with Crippen LogP contribution in [0.4, 0.5) is 5.69 Å². The van der Waals surface area contributed by atoms with Gasteiger partial charge in [-0.25, -0.2) is 9.88 Å². The highest BCUT2D eigenvalue weighted by Gasteiger charge is 2.35. The van der Waals surface area contributed by atoms with Gasteiger partial charge in [0.2, 0.25) is 5.88 Å². The number of nitrogens with zero attached hydrogens (tertiary/aromatic N) is 2. The zero-order valence-electron chi connectivity index (χ0n) is 10.4. The summed E-state index contributed by atoms with van der Waals surface area (Å²) in [5, 5.41) is 0. The monoisotopic (exact) mass is 269 g/mol. The number of anilines is 1. The summed E-state index contributed by atoms with van der Waals surface area (Å²) in [5.41, 5.74) is 6.81. The van der Waals surface area contributed by atoms with Crippen molar-refractivity contribution in [3.8, 4) is 5.88 Å². The van der Waals surface area contributed by atoms with Gasteiger partial charge in [-0.2, -0.15) is 0 Å². The van der Waals surface area contributed by atoms with Crippen molar-refractivity contribution < 1.29 is 14.3 Å². The van der Waals surface area contributed by atoms with Crippen LogP contribution >= 0.6 is 0 Å². The number of hydrogen-bond donors (Lipinski definition) is 1. The summed E-state index contributed by atoms with van der Waals surface area (Å²) in [7, 11) is 0. The zero-order chi connectivity index (χ0) is 14.1. The Morgan fingerprint density at radius 1 is 1.05 bits per heavy atom. The fraction of sp³-hybridized carbons (Fsp3) is 0.0714. The van der Waals surface area contributed by atoms with E-state index < -0.39 is 0 Å². The number of ether oxygens (including phenoxy) is 1. The number of imide groups is 1. The molecule has 2 amide bonds. The average Bonchev–Trinajstić information content (AvgIpc) is 2.71. The lowest BCUT2D eigenvalue weighted by Gasteiger charge is -2.14. The van der Waals surface area contributed by atoms with Gasteiger partial charge in [0, 0.05) is 6.07 Å². The summed E-state index contributed by atoms with van der Waals surface area (Å²) in [4.78, 5) is 29.1. The molecule has 0 saturated carbocycles. The summed E-state index contributed by atoms with van der Waals surface area (Å²) in [6.07, 6.45) is 1.44. The van der Waals surface area contributed by atoms with Crippen LogP contribution in [-0.2, 0) is 0 Å². The molecular formula is C14H11N3O3. The number of rotatable bonds is 3. The van der Waals surface area contributed by atoms with Gasteiger partial charge in [-0.15, -0.1) is 0 Å². The molecule has 0 unspecified atom stereocenters. The number of hydrogen-bond acceptors (Lipinski definition) is 5. The Balaban J connectivity index is 1.75. The summed E-state index contributed by atoms with van der Waals surface area (Å²) >= 11 is 0. The molecule has 1 aliphatic heterocycles. The lowest BCUT2D eigenvalue weighted by Crippen LogP contribution is -2.33. The average molecular weight is 269 g/mol. The van der Waals surface area contributed by atoms with Crippen LogP contribution in [0.5, 0.6) is 5.88 Å². The molecule has 1 aromatic carbocycles. The second-order valence-electron chi connectivity index (χ2n) is 4.29. The molecule has 6 nitrogen and oxygen atoms in total. The maximum atomic E-state index is 12.1. The first-order valence-electron chi connectivity index (χ1n) is 5.96. The standard InChI is InChI=1S/C14H11N3O3/c15-9-5-6-12(16-7-9)20-8-17-13(18)10-3-1-2-4-11(10)14(17)19/h1-7H,8,15H2. The van der Waals surface area contributed by atoms with Crippen LogP contribution in [0.25, 0.3) is 0 Å². The topological polar surface area (TPSA) is 85.5 Å². The molecule has 0 bridgehead atoms. The lowest BCUT2D eigenvalue weighted by atomic mass is 10.1. The predicted molar refractivity (Wildman–Crippen MR) is 71.1 cm³/mol. The number of fused-ring (bicyclic) bond motifs is 1. The first-order valence-corrected chi connectivity index (χ1v) is 5.96. The maximum absolute atomic E-state index is 12.1. The first-order chi connectivity index (χ1) is 9.66. The van der Waals surface area contributed by atoms with E-state index in [2.05, 4.69) is 4.98 Å². The van der Waals surface area contributed by atoms with Gasteiger partial charge in [-0.05, 0) is 18.2 Å². The van der Waals surface area contributed by atoms with E-state index in [-0.39, 0.29) is 18.5 Å². The largest absolute Gasteiger partial charge is 0.456 e. The van der Waals surface area contributed by atoms with E-state index >= 15 is 0 Å². The highest BCUT2D eigenvalue weighted by molar-refractivity contribution is 6.21. The molecule has 0 spiro atoms. The van der Waals surface area contributed by atoms with Crippen molar-refractivity contribution >= 4 is 17.5 Å². The molecule has 6 heteroatoms. The van der Waals surface area contributed by atoms with E-state index in [0.717, 1.165) is 4.90 Å². The highest BCUT2D eigenvalue weighted by atomic mass is 16.5. The fourth-order valence-corrected chi connectivity index (χ4v) is 1.96. The number of aromatic nitrogens is 1. The van der Waals surface area contributed by atoms with Gasteiger partial charge in [0.25, 0.3) is 11.8 Å². The van der Waals surface area contributed by atoms with Crippen LogP contribution in [0.3, 0.4) is 0 Å². The van der Waals surface area contributed by atoms with E-state index in [0.29, 0.717) is 22.7 Å². The van der Waals surface area contributed by atoms with Gasteiger partial charge < -0.3 is 10.5 Å². The van der Waals surface area contributed by atoms with Crippen molar-refractivity contribution in [2.45, 2.75) is 0 Å². The van der Waals surface area contributed by atoms with E-state index in [1.807, 2.05) is 0 Å². The molecule has 0 saturated heterocycles. The van der Waals surface area contributed by atoms with Gasteiger partial charge in [-0.1, -0.05) is 12.1 Å². The first kappa shape index (κ1) is 12.2. The Labute approximate surface area is 114 Å². The van der Waals surface area contributed by atoms with Gasteiger partial charge in [0.1, 0.15) is 0 Å². The van der Waals surface area contributed by atoms with Gasteiger partial charge in [0.15, 0.2) is 6.73 Å². The molecule has 0 aliphatic carbocycles. The van der Waals surface area contributed by atoms with E-state index in [1.54, 1.807) is 36.4 Å². The Bertz CT molecular complexity index is 647. The van der Waals surface area contributed by atoms with Crippen LogP contribution in [-0.4, -0.2) is 28.4 Å². The van der Waals surface area contributed by atoms with Crippen molar-refractivity contribution in [1.82, 2.24) is 9.88 Å². The second kappa shape index (κ2) is 4.65. The maximum Gasteiger partial charge on any atom is 0.264 e. The number of nitrogens with two attached hydrogens (primary N) is 1. The number of carbonyl (C=O) groups excluding carboxylic acids is 2. The van der Waals surface area contributed by atoms with Gasteiger partial charge >= 0.3 is 0 Å². The molecule has 1 aliphatic rings. The smallest absolute Gasteiger partial charge is 0.264 e. The predicted octanol–water partition coefficient (Wildman–Crippen LogP) is 1.30. The van der Waals surface area contributed by atoms with Crippen molar-refractivity contribution in [3.63, 3.8) is 0 Å². The third kappa shape index (κ3) is 1.97. The second-order valence-corrected chi connectivity index (χ2v) is 4.29. The fourth-order valence-electron chi connectivity index (χ4n) is 1.96. The van der Waals surface area contributed by atoms with E-state index in [4.69, 9.17) is 10.5 Å². The Kier molecular flexibility index (Phi) is 2.83. The van der Waals surface area contributed by atoms with Gasteiger partial charge in [-0.3, -0.25) is 9.59 Å². The summed E-state index contributed by atoms with van der Waals surface area (Å²) in [6, 6.07) is 9.89. The molecule has 20 heavy (non-hydrogen) atoms. The molecule has 100 valence electrons. The van der Waals surface area contributed by atoms with E-state index in [1.165, 1.54) is 6.20 Å². The minimum absolute atomic E-state index is 0.177. The minimum atomic E-state index is -0.360. The third-order valence-corrected chi connectivity index (χ3v) is 2.98. The molecular weight excluding hydrogens is 258 g/mol. The van der Waals surface area contributed by atoms with Crippen LogP contribution < -0.4 is 10.5 Å². The van der Waals surface area contributed by atoms with Gasteiger partial charge in [0.05, 0.1) is 23.0 Å². The van der Waals surface area contributed by atoms with Crippen LogP contribution in [0, 0.1) is 0 Å². The van der Waals surface area contributed by atoms with Crippen molar-refractivity contribution in [2.24, 2.45) is 0 Å². The lowest BCUT2D eigenvalue weighted by molar-refractivity contribution is 0.0517. The SMILES string of the molecule is Nc1ccc(OCN2C(=O)c3ccccc3C2=O)nc1. The Hall–Kier alpha value is -2.89. The molecule has 2 N–H and O–H groups in total. The number of amides is 2. The number of nitrogen functional groups attached to an aromatic ring is 1. The summed E-state index contributed by atoms with van der Waals surface area (Å²) in [5.74, 6) is -0.419. The normalized spacial score (nSPS) is 13.5. The van der Waals surface area contributed by atoms with Crippen molar-refractivity contribution in [2.75, 3.05) is 12.5 Å². The molecule has 2 aromatic rings. The van der Waals surface area contributed by atoms with Crippen molar-refractivity contribution in [3.05, 3.63) is 53.7 Å².